The molecule has 0 atom stereocenters. The molecule has 0 bridgehead atoms. The van der Waals surface area contributed by atoms with Gasteiger partial charge in [-0.1, -0.05) is 6.92 Å². The minimum Gasteiger partial charge on any atom is -0.367 e. The summed E-state index contributed by atoms with van der Waals surface area (Å²) in [5.74, 6) is -0.0674. The van der Waals surface area contributed by atoms with Crippen molar-refractivity contribution >= 4 is 29.2 Å². The van der Waals surface area contributed by atoms with Gasteiger partial charge in [0.15, 0.2) is 0 Å². The van der Waals surface area contributed by atoms with Gasteiger partial charge in [-0.3, -0.25) is 9.59 Å². The van der Waals surface area contributed by atoms with Gasteiger partial charge in [-0.05, 0) is 44.9 Å². The van der Waals surface area contributed by atoms with Gasteiger partial charge in [0, 0.05) is 63.1 Å². The highest BCUT2D eigenvalue weighted by Crippen LogP contribution is 2.28. The Morgan fingerprint density at radius 3 is 2.23 bits per heavy atom. The lowest BCUT2D eigenvalue weighted by Crippen LogP contribution is -2.53. The number of likely N-dealkylation sites (tertiary alicyclic amines) is 1. The fraction of sp³-hybridized carbons (Fsp3) is 0.591. The van der Waals surface area contributed by atoms with E-state index in [1.54, 1.807) is 13.0 Å². The molecule has 0 aromatic heterocycles. The summed E-state index contributed by atoms with van der Waals surface area (Å²) in [7, 11) is 0. The number of nitrogens with one attached hydrogen (secondary N) is 2. The van der Waals surface area contributed by atoms with E-state index in [0.29, 0.717) is 43.9 Å². The van der Waals surface area contributed by atoms with Crippen LogP contribution in [0.4, 0.5) is 16.2 Å². The standard InChI is InChI=1S/C22H33N5O3/c1-4-20(28)24-17-7-8-19(18(15-17)21(29)26-9-5-6-10-26)25-11-13-27(14-12-25)22(30)23-16(2)3/h7-8,15-16H,4-6,9-14H2,1-3H3,(H,23,30)(H,24,28). The number of hydrogen-bond acceptors (Lipinski definition) is 4. The largest absolute Gasteiger partial charge is 0.367 e. The molecule has 0 aliphatic carbocycles. The Morgan fingerprint density at radius 1 is 0.967 bits per heavy atom. The van der Waals surface area contributed by atoms with E-state index in [1.807, 2.05) is 35.8 Å². The van der Waals surface area contributed by atoms with Crippen molar-refractivity contribution in [3.63, 3.8) is 0 Å². The topological polar surface area (TPSA) is 85.0 Å². The van der Waals surface area contributed by atoms with Crippen LogP contribution in [-0.4, -0.2) is 73.0 Å². The lowest BCUT2D eigenvalue weighted by molar-refractivity contribution is -0.115. The van der Waals surface area contributed by atoms with Crippen LogP contribution in [0.25, 0.3) is 0 Å². The van der Waals surface area contributed by atoms with Crippen LogP contribution in [0.2, 0.25) is 0 Å². The monoisotopic (exact) mass is 415 g/mol. The van der Waals surface area contributed by atoms with Crippen molar-refractivity contribution in [2.75, 3.05) is 49.5 Å². The summed E-state index contributed by atoms with van der Waals surface area (Å²) < 4.78 is 0. The maximum absolute atomic E-state index is 13.2. The van der Waals surface area contributed by atoms with Crippen LogP contribution in [0.1, 0.15) is 50.4 Å². The lowest BCUT2D eigenvalue weighted by atomic mass is 10.1. The Kier molecular flexibility index (Phi) is 7.18. The van der Waals surface area contributed by atoms with E-state index in [-0.39, 0.29) is 23.9 Å². The molecule has 164 valence electrons. The SMILES string of the molecule is CCC(=O)Nc1ccc(N2CCN(C(=O)NC(C)C)CC2)c(C(=O)N2CCCC2)c1. The van der Waals surface area contributed by atoms with Gasteiger partial charge in [-0.15, -0.1) is 0 Å². The second-order valence-electron chi connectivity index (χ2n) is 8.21. The highest BCUT2D eigenvalue weighted by Gasteiger charge is 2.27. The van der Waals surface area contributed by atoms with Crippen molar-refractivity contribution in [2.24, 2.45) is 0 Å². The molecule has 2 aliphatic heterocycles. The molecule has 0 spiro atoms. The van der Waals surface area contributed by atoms with Crippen LogP contribution >= 0.6 is 0 Å². The van der Waals surface area contributed by atoms with Crippen LogP contribution in [0, 0.1) is 0 Å². The van der Waals surface area contributed by atoms with E-state index >= 15 is 0 Å². The average Bonchev–Trinajstić information content (AvgIpc) is 3.27. The molecule has 0 radical (unpaired) electrons. The van der Waals surface area contributed by atoms with E-state index in [2.05, 4.69) is 15.5 Å². The minimum absolute atomic E-state index is 0.00933. The Morgan fingerprint density at radius 2 is 1.63 bits per heavy atom. The fourth-order valence-corrected chi connectivity index (χ4v) is 3.89. The van der Waals surface area contributed by atoms with Gasteiger partial charge in [-0.25, -0.2) is 4.79 Å². The van der Waals surface area contributed by atoms with Crippen molar-refractivity contribution in [3.8, 4) is 0 Å². The molecule has 0 unspecified atom stereocenters. The molecule has 2 heterocycles. The van der Waals surface area contributed by atoms with Gasteiger partial charge in [0.05, 0.1) is 5.56 Å². The summed E-state index contributed by atoms with van der Waals surface area (Å²) in [6, 6.07) is 5.61. The minimum atomic E-state index is -0.0768. The van der Waals surface area contributed by atoms with Gasteiger partial charge >= 0.3 is 6.03 Å². The summed E-state index contributed by atoms with van der Waals surface area (Å²) in [5.41, 5.74) is 2.12. The molecule has 30 heavy (non-hydrogen) atoms. The number of rotatable bonds is 5. The van der Waals surface area contributed by atoms with Crippen molar-refractivity contribution in [2.45, 2.75) is 46.1 Å². The number of benzene rings is 1. The summed E-state index contributed by atoms with van der Waals surface area (Å²) in [6.07, 6.45) is 2.44. The smallest absolute Gasteiger partial charge is 0.317 e. The zero-order valence-electron chi connectivity index (χ0n) is 18.2. The first-order valence-corrected chi connectivity index (χ1v) is 10.9. The van der Waals surface area contributed by atoms with Crippen LogP contribution in [0.5, 0.6) is 0 Å². The Balaban J connectivity index is 1.78. The summed E-state index contributed by atoms with van der Waals surface area (Å²) >= 11 is 0. The lowest BCUT2D eigenvalue weighted by Gasteiger charge is -2.37. The molecule has 8 heteroatoms. The van der Waals surface area contributed by atoms with Crippen LogP contribution in [-0.2, 0) is 4.79 Å². The third kappa shape index (κ3) is 5.23. The Hall–Kier alpha value is -2.77. The normalized spacial score (nSPS) is 16.7. The third-order valence-electron chi connectivity index (χ3n) is 5.54. The molecular formula is C22H33N5O3. The van der Waals surface area contributed by atoms with Crippen LogP contribution in [0.3, 0.4) is 0 Å². The molecule has 0 saturated carbocycles. The number of urea groups is 1. The Labute approximate surface area is 178 Å². The van der Waals surface area contributed by atoms with E-state index < -0.39 is 0 Å². The first-order valence-electron chi connectivity index (χ1n) is 10.9. The first kappa shape index (κ1) is 21.9. The second kappa shape index (κ2) is 9.82. The number of carbonyl (C=O) groups is 3. The molecule has 2 aliphatic rings. The number of anilines is 2. The first-order chi connectivity index (χ1) is 14.4. The van der Waals surface area contributed by atoms with Crippen LogP contribution < -0.4 is 15.5 Å². The zero-order chi connectivity index (χ0) is 21.7. The maximum Gasteiger partial charge on any atom is 0.317 e. The quantitative estimate of drug-likeness (QED) is 0.774. The van der Waals surface area contributed by atoms with Crippen LogP contribution in [0.15, 0.2) is 18.2 Å². The maximum atomic E-state index is 13.2. The predicted molar refractivity (Wildman–Crippen MR) is 118 cm³/mol. The molecule has 2 saturated heterocycles. The summed E-state index contributed by atoms with van der Waals surface area (Å²) in [6.45, 7) is 9.76. The van der Waals surface area contributed by atoms with Gasteiger partial charge in [0.1, 0.15) is 0 Å². The molecule has 2 fully saturated rings. The van der Waals surface area contributed by atoms with Crippen molar-refractivity contribution in [3.05, 3.63) is 23.8 Å². The highest BCUT2D eigenvalue weighted by atomic mass is 16.2. The number of hydrogen-bond donors (Lipinski definition) is 2. The van der Waals surface area contributed by atoms with E-state index in [0.717, 1.165) is 31.6 Å². The van der Waals surface area contributed by atoms with Crippen molar-refractivity contribution < 1.29 is 14.4 Å². The number of piperazine rings is 1. The van der Waals surface area contributed by atoms with Crippen molar-refractivity contribution in [1.82, 2.24) is 15.1 Å². The van der Waals surface area contributed by atoms with Gasteiger partial charge in [0.25, 0.3) is 5.91 Å². The number of amides is 4. The third-order valence-corrected chi connectivity index (χ3v) is 5.54. The molecule has 3 rings (SSSR count). The molecular weight excluding hydrogens is 382 g/mol. The predicted octanol–water partition coefficient (Wildman–Crippen LogP) is 2.51. The molecule has 4 amide bonds. The molecule has 1 aromatic carbocycles. The summed E-state index contributed by atoms with van der Waals surface area (Å²) in [4.78, 5) is 43.2. The molecule has 8 nitrogen and oxygen atoms in total. The summed E-state index contributed by atoms with van der Waals surface area (Å²) in [5, 5.41) is 5.79. The fourth-order valence-electron chi connectivity index (χ4n) is 3.89. The van der Waals surface area contributed by atoms with Gasteiger partial charge in [-0.2, -0.15) is 0 Å². The second-order valence-corrected chi connectivity index (χ2v) is 8.21. The zero-order valence-corrected chi connectivity index (χ0v) is 18.2. The van der Waals surface area contributed by atoms with Gasteiger partial charge < -0.3 is 25.3 Å². The van der Waals surface area contributed by atoms with E-state index in [1.165, 1.54) is 0 Å². The van der Waals surface area contributed by atoms with Crippen molar-refractivity contribution in [1.29, 1.82) is 0 Å². The van der Waals surface area contributed by atoms with E-state index in [4.69, 9.17) is 0 Å². The van der Waals surface area contributed by atoms with E-state index in [9.17, 15) is 14.4 Å². The Bertz CT molecular complexity index is 781. The number of nitrogens with zero attached hydrogens (tertiary/aromatic N) is 3. The van der Waals surface area contributed by atoms with Gasteiger partial charge in [0.2, 0.25) is 5.91 Å². The average molecular weight is 416 g/mol. The number of carbonyl (C=O) groups excluding carboxylic acids is 3. The molecule has 1 aromatic rings. The highest BCUT2D eigenvalue weighted by molar-refractivity contribution is 6.02. The molecule has 2 N–H and O–H groups in total.